The molecule has 0 unspecified atom stereocenters. The molecule has 1 N–H and O–H groups in total. The van der Waals surface area contributed by atoms with Crippen LogP contribution in [0.5, 0.6) is 5.75 Å². The number of carbonyl (C=O) groups is 1. The van der Waals surface area contributed by atoms with E-state index in [2.05, 4.69) is 15.4 Å². The second-order valence-electron chi connectivity index (χ2n) is 8.72. The molecule has 39 heavy (non-hydrogen) atoms. The van der Waals surface area contributed by atoms with Crippen molar-refractivity contribution in [1.82, 2.24) is 14.6 Å². The molecule has 2 heterocycles. The number of alkyl halides is 5. The first-order valence-electron chi connectivity index (χ1n) is 11.4. The maximum absolute atomic E-state index is 13.9. The zero-order valence-corrected chi connectivity index (χ0v) is 20.4. The molecule has 0 spiro atoms. The zero-order chi connectivity index (χ0) is 28.5. The average molecular weight is 549 g/mol. The largest absolute Gasteiger partial charge is 0.487 e. The maximum Gasteiger partial charge on any atom is 0.433 e. The first-order valence-corrected chi connectivity index (χ1v) is 11.4. The number of nitrogens with zero attached hydrogens (tertiary/aromatic N) is 4. The van der Waals surface area contributed by atoms with Gasteiger partial charge in [-0.15, -0.1) is 0 Å². The molecule has 4 aromatic rings. The summed E-state index contributed by atoms with van der Waals surface area (Å²) in [6.45, 7) is 2.88. The van der Waals surface area contributed by atoms with E-state index in [1.165, 1.54) is 0 Å². The van der Waals surface area contributed by atoms with Crippen molar-refractivity contribution in [2.45, 2.75) is 32.4 Å². The van der Waals surface area contributed by atoms with Crippen LogP contribution in [0.1, 0.15) is 41.4 Å². The van der Waals surface area contributed by atoms with Crippen molar-refractivity contribution in [3.8, 4) is 17.0 Å². The average Bonchev–Trinajstić information content (AvgIpc) is 3.30. The fraction of sp³-hybridized carbons (Fsp3) is 0.240. The first kappa shape index (κ1) is 27.4. The van der Waals surface area contributed by atoms with Crippen molar-refractivity contribution in [3.63, 3.8) is 0 Å². The minimum absolute atomic E-state index is 0.0577. The fourth-order valence-corrected chi connectivity index (χ4v) is 3.71. The molecule has 0 aliphatic carbocycles. The molecule has 0 radical (unpaired) electrons. The van der Waals surface area contributed by atoms with Crippen molar-refractivity contribution < 1.29 is 36.4 Å². The SMILES string of the molecule is CC(C)c1ccc(-c2cc(C(F)(F)F)n3ncc(C(=O)Nc4cc(OCC(F)F)cc([N+](=O)[O-])c4)c3n2)cc1. The molecule has 4 rings (SSSR count). The van der Waals surface area contributed by atoms with Crippen molar-refractivity contribution in [3.05, 3.63) is 81.7 Å². The van der Waals surface area contributed by atoms with E-state index in [4.69, 9.17) is 4.74 Å². The lowest BCUT2D eigenvalue weighted by molar-refractivity contribution is -0.384. The second kappa shape index (κ2) is 10.6. The Hall–Kier alpha value is -4.62. The molecule has 1 amide bonds. The van der Waals surface area contributed by atoms with Gasteiger partial charge in [0.2, 0.25) is 0 Å². The summed E-state index contributed by atoms with van der Waals surface area (Å²) in [5, 5.41) is 17.3. The van der Waals surface area contributed by atoms with E-state index in [0.717, 1.165) is 36.0 Å². The monoisotopic (exact) mass is 549 g/mol. The highest BCUT2D eigenvalue weighted by Gasteiger charge is 2.36. The van der Waals surface area contributed by atoms with Gasteiger partial charge >= 0.3 is 6.18 Å². The number of nitrogens with one attached hydrogen (secondary N) is 1. The summed E-state index contributed by atoms with van der Waals surface area (Å²) in [5.41, 5.74) is -1.44. The Morgan fingerprint density at radius 3 is 2.41 bits per heavy atom. The van der Waals surface area contributed by atoms with Gasteiger partial charge < -0.3 is 10.1 Å². The predicted molar refractivity (Wildman–Crippen MR) is 130 cm³/mol. The third-order valence-electron chi connectivity index (χ3n) is 5.62. The number of aromatic nitrogens is 3. The highest BCUT2D eigenvalue weighted by molar-refractivity contribution is 6.08. The van der Waals surface area contributed by atoms with Crippen LogP contribution in [0, 0.1) is 10.1 Å². The van der Waals surface area contributed by atoms with Crippen LogP contribution in [-0.2, 0) is 6.18 Å². The van der Waals surface area contributed by atoms with E-state index in [-0.39, 0.29) is 28.6 Å². The molecule has 0 bridgehead atoms. The number of fused-ring (bicyclic) bond motifs is 1. The van der Waals surface area contributed by atoms with Gasteiger partial charge in [-0.3, -0.25) is 14.9 Å². The molecular weight excluding hydrogens is 529 g/mol. The number of nitro groups is 1. The number of carbonyl (C=O) groups excluding carboxylic acids is 1. The van der Waals surface area contributed by atoms with Crippen LogP contribution in [0.15, 0.2) is 54.7 Å². The Balaban J connectivity index is 1.75. The van der Waals surface area contributed by atoms with Gasteiger partial charge in [0.15, 0.2) is 11.3 Å². The van der Waals surface area contributed by atoms with Crippen LogP contribution in [0.25, 0.3) is 16.9 Å². The van der Waals surface area contributed by atoms with E-state index >= 15 is 0 Å². The number of nitro benzene ring substituents is 1. The Morgan fingerprint density at radius 2 is 1.82 bits per heavy atom. The third kappa shape index (κ3) is 6.10. The number of rotatable bonds is 8. The van der Waals surface area contributed by atoms with Crippen molar-refractivity contribution in [2.75, 3.05) is 11.9 Å². The third-order valence-corrected chi connectivity index (χ3v) is 5.62. The van der Waals surface area contributed by atoms with Gasteiger partial charge in [0.1, 0.15) is 17.9 Å². The maximum atomic E-state index is 13.9. The molecule has 0 atom stereocenters. The van der Waals surface area contributed by atoms with Crippen LogP contribution < -0.4 is 10.1 Å². The molecule has 0 aliphatic rings. The van der Waals surface area contributed by atoms with Gasteiger partial charge in [0.05, 0.1) is 28.6 Å². The minimum Gasteiger partial charge on any atom is -0.487 e. The van der Waals surface area contributed by atoms with Gasteiger partial charge in [-0.1, -0.05) is 38.1 Å². The lowest BCUT2D eigenvalue weighted by Crippen LogP contribution is -2.16. The normalized spacial score (nSPS) is 11.8. The van der Waals surface area contributed by atoms with Crippen molar-refractivity contribution >= 4 is 22.9 Å². The van der Waals surface area contributed by atoms with E-state index in [0.29, 0.717) is 10.1 Å². The first-order chi connectivity index (χ1) is 18.3. The quantitative estimate of drug-likeness (QED) is 0.156. The van der Waals surface area contributed by atoms with Crippen LogP contribution in [0.3, 0.4) is 0 Å². The summed E-state index contributed by atoms with van der Waals surface area (Å²) in [7, 11) is 0. The van der Waals surface area contributed by atoms with Gasteiger partial charge in [0.25, 0.3) is 18.0 Å². The molecule has 204 valence electrons. The van der Waals surface area contributed by atoms with Gasteiger partial charge in [0, 0.05) is 17.7 Å². The minimum atomic E-state index is -4.84. The Bertz CT molecular complexity index is 1530. The van der Waals surface area contributed by atoms with Gasteiger partial charge in [-0.05, 0) is 17.5 Å². The fourth-order valence-electron chi connectivity index (χ4n) is 3.71. The summed E-state index contributed by atoms with van der Waals surface area (Å²) in [6.07, 6.45) is -6.82. The highest BCUT2D eigenvalue weighted by Crippen LogP contribution is 2.33. The molecule has 14 heteroatoms. The Labute approximate surface area is 217 Å². The van der Waals surface area contributed by atoms with Crippen molar-refractivity contribution in [2.24, 2.45) is 0 Å². The molecule has 2 aromatic carbocycles. The number of halogens is 5. The zero-order valence-electron chi connectivity index (χ0n) is 20.4. The number of hydrogen-bond acceptors (Lipinski definition) is 6. The lowest BCUT2D eigenvalue weighted by atomic mass is 10.0. The standard InChI is InChI=1S/C25H20F5N5O4/c1-13(2)14-3-5-15(6-4-14)20-10-21(25(28,29)30)34-23(33-20)19(11-31-34)24(36)32-16-7-17(35(37)38)9-18(8-16)39-12-22(26)27/h3-11,13,22H,12H2,1-2H3,(H,32,36). The number of benzene rings is 2. The van der Waals surface area contributed by atoms with E-state index in [1.807, 2.05) is 13.8 Å². The summed E-state index contributed by atoms with van der Waals surface area (Å²) in [5.74, 6) is -1.11. The van der Waals surface area contributed by atoms with Crippen LogP contribution in [-0.4, -0.2) is 38.5 Å². The molecule has 0 fully saturated rings. The Kier molecular flexibility index (Phi) is 7.47. The number of amides is 1. The van der Waals surface area contributed by atoms with Crippen LogP contribution in [0.2, 0.25) is 0 Å². The summed E-state index contributed by atoms with van der Waals surface area (Å²) >= 11 is 0. The van der Waals surface area contributed by atoms with Crippen LogP contribution >= 0.6 is 0 Å². The molecule has 0 saturated carbocycles. The lowest BCUT2D eigenvalue weighted by Gasteiger charge is -2.13. The number of ether oxygens (including phenoxy) is 1. The summed E-state index contributed by atoms with van der Waals surface area (Å²) in [4.78, 5) is 27.7. The Morgan fingerprint density at radius 1 is 1.13 bits per heavy atom. The highest BCUT2D eigenvalue weighted by atomic mass is 19.4. The molecule has 0 saturated heterocycles. The van der Waals surface area contributed by atoms with E-state index in [9.17, 15) is 36.9 Å². The van der Waals surface area contributed by atoms with E-state index in [1.54, 1.807) is 24.3 Å². The topological polar surface area (TPSA) is 112 Å². The number of anilines is 1. The second-order valence-corrected chi connectivity index (χ2v) is 8.72. The molecule has 2 aromatic heterocycles. The van der Waals surface area contributed by atoms with Crippen molar-refractivity contribution in [1.29, 1.82) is 0 Å². The number of non-ortho nitro benzene ring substituents is 1. The van der Waals surface area contributed by atoms with Gasteiger partial charge in [-0.25, -0.2) is 18.3 Å². The summed E-state index contributed by atoms with van der Waals surface area (Å²) in [6, 6.07) is 10.5. The summed E-state index contributed by atoms with van der Waals surface area (Å²) < 4.78 is 72.1. The smallest absolute Gasteiger partial charge is 0.433 e. The van der Waals surface area contributed by atoms with E-state index < -0.39 is 47.1 Å². The van der Waals surface area contributed by atoms with Gasteiger partial charge in [-0.2, -0.15) is 18.3 Å². The van der Waals surface area contributed by atoms with Crippen LogP contribution in [0.4, 0.5) is 33.3 Å². The molecule has 9 nitrogen and oxygen atoms in total. The number of hydrogen-bond donors (Lipinski definition) is 1. The predicted octanol–water partition coefficient (Wildman–Crippen LogP) is 6.34. The molecular formula is C25H20F5N5O4. The molecule has 0 aliphatic heterocycles.